The van der Waals surface area contributed by atoms with E-state index in [9.17, 15) is 4.79 Å². The van der Waals surface area contributed by atoms with Crippen LogP contribution in [0, 0.1) is 5.41 Å². The lowest BCUT2D eigenvalue weighted by atomic mass is 9.83. The van der Waals surface area contributed by atoms with Gasteiger partial charge in [0.25, 0.3) is 5.56 Å². The molecule has 2 aromatic heterocycles. The molecule has 0 bridgehead atoms. The van der Waals surface area contributed by atoms with Gasteiger partial charge in [-0.25, -0.2) is 4.98 Å². The molecule has 0 saturated carbocycles. The highest BCUT2D eigenvalue weighted by atomic mass is 35.5. The summed E-state index contributed by atoms with van der Waals surface area (Å²) in [6, 6.07) is 5.41. The van der Waals surface area contributed by atoms with Crippen LogP contribution in [0.5, 0.6) is 0 Å². The molecule has 0 amide bonds. The molecular weight excluding hydrogens is 298 g/mol. The highest BCUT2D eigenvalue weighted by Crippen LogP contribution is 2.31. The maximum atomic E-state index is 12.4. The second-order valence-electron chi connectivity index (χ2n) is 6.88. The van der Waals surface area contributed by atoms with Gasteiger partial charge in [-0.15, -0.1) is 11.6 Å². The van der Waals surface area contributed by atoms with Crippen LogP contribution in [0.25, 0.3) is 5.65 Å². The van der Waals surface area contributed by atoms with Crippen LogP contribution >= 0.6 is 11.6 Å². The van der Waals surface area contributed by atoms with Crippen LogP contribution in [0.1, 0.15) is 44.6 Å². The molecule has 3 heterocycles. The quantitative estimate of drug-likeness (QED) is 0.793. The van der Waals surface area contributed by atoms with E-state index in [1.165, 1.54) is 0 Å². The standard InChI is InChI=1S/C17H22ClN3O/c1-12(18)13-5-4-8-21-15(22)11-14(19-16(13)21)20-9-6-17(2,3)7-10-20/h4-5,8,11-12H,6-7,9-10H2,1-3H3. The lowest BCUT2D eigenvalue weighted by Gasteiger charge is -2.37. The predicted octanol–water partition coefficient (Wildman–Crippen LogP) is 3.62. The number of anilines is 1. The number of fused-ring (bicyclic) bond motifs is 1. The average Bonchev–Trinajstić information content (AvgIpc) is 2.46. The van der Waals surface area contributed by atoms with Gasteiger partial charge in [0.05, 0.1) is 5.38 Å². The molecule has 4 nitrogen and oxygen atoms in total. The number of halogens is 1. The molecule has 1 aliphatic heterocycles. The fraction of sp³-hybridized carbons (Fsp3) is 0.529. The Hall–Kier alpha value is -1.55. The minimum atomic E-state index is -0.182. The summed E-state index contributed by atoms with van der Waals surface area (Å²) >= 11 is 6.24. The zero-order valence-electron chi connectivity index (χ0n) is 13.3. The van der Waals surface area contributed by atoms with Gasteiger partial charge in [-0.05, 0) is 31.2 Å². The van der Waals surface area contributed by atoms with Crippen molar-refractivity contribution in [3.05, 3.63) is 40.3 Å². The number of hydrogen-bond donors (Lipinski definition) is 0. The molecule has 2 aromatic rings. The van der Waals surface area contributed by atoms with E-state index in [0.29, 0.717) is 11.1 Å². The van der Waals surface area contributed by atoms with Gasteiger partial charge in [0, 0.05) is 30.9 Å². The monoisotopic (exact) mass is 319 g/mol. The van der Waals surface area contributed by atoms with Gasteiger partial charge >= 0.3 is 0 Å². The molecule has 5 heteroatoms. The van der Waals surface area contributed by atoms with Crippen LogP contribution in [-0.2, 0) is 0 Å². The molecule has 1 unspecified atom stereocenters. The summed E-state index contributed by atoms with van der Waals surface area (Å²) in [7, 11) is 0. The maximum Gasteiger partial charge on any atom is 0.259 e. The zero-order chi connectivity index (χ0) is 15.9. The maximum absolute atomic E-state index is 12.4. The van der Waals surface area contributed by atoms with Gasteiger partial charge in [0.1, 0.15) is 11.5 Å². The number of alkyl halides is 1. The Morgan fingerprint density at radius 1 is 1.32 bits per heavy atom. The molecule has 0 aliphatic carbocycles. The van der Waals surface area contributed by atoms with Crippen molar-refractivity contribution in [2.24, 2.45) is 5.41 Å². The second kappa shape index (κ2) is 5.58. The van der Waals surface area contributed by atoms with Crippen molar-refractivity contribution < 1.29 is 0 Å². The Labute approximate surface area is 135 Å². The van der Waals surface area contributed by atoms with E-state index in [0.717, 1.165) is 37.3 Å². The molecule has 0 spiro atoms. The Balaban J connectivity index is 2.05. The van der Waals surface area contributed by atoms with Gasteiger partial charge in [0.2, 0.25) is 0 Å². The minimum absolute atomic E-state index is 0.0519. The molecular formula is C17H22ClN3O. The lowest BCUT2D eigenvalue weighted by molar-refractivity contribution is 0.279. The first kappa shape index (κ1) is 15.3. The number of piperidine rings is 1. The van der Waals surface area contributed by atoms with Crippen molar-refractivity contribution in [2.75, 3.05) is 18.0 Å². The average molecular weight is 320 g/mol. The third-order valence-electron chi connectivity index (χ3n) is 4.58. The van der Waals surface area contributed by atoms with Crippen molar-refractivity contribution in [1.29, 1.82) is 0 Å². The number of pyridine rings is 1. The molecule has 1 fully saturated rings. The Kier molecular flexibility index (Phi) is 3.89. The first-order chi connectivity index (χ1) is 10.4. The van der Waals surface area contributed by atoms with E-state index in [1.54, 1.807) is 16.7 Å². The summed E-state index contributed by atoms with van der Waals surface area (Å²) < 4.78 is 1.57. The van der Waals surface area contributed by atoms with Crippen molar-refractivity contribution in [1.82, 2.24) is 9.38 Å². The lowest BCUT2D eigenvalue weighted by Crippen LogP contribution is -2.38. The van der Waals surface area contributed by atoms with E-state index in [4.69, 9.17) is 16.6 Å². The summed E-state index contributed by atoms with van der Waals surface area (Å²) in [5, 5.41) is -0.182. The van der Waals surface area contributed by atoms with Crippen LogP contribution in [0.4, 0.5) is 5.82 Å². The summed E-state index contributed by atoms with van der Waals surface area (Å²) in [5.41, 5.74) is 1.87. The normalized spacial score (nSPS) is 19.4. The third-order valence-corrected chi connectivity index (χ3v) is 4.81. The summed E-state index contributed by atoms with van der Waals surface area (Å²) in [6.45, 7) is 8.36. The molecule has 22 heavy (non-hydrogen) atoms. The Morgan fingerprint density at radius 3 is 2.64 bits per heavy atom. The molecule has 1 atom stereocenters. The second-order valence-corrected chi connectivity index (χ2v) is 7.53. The minimum Gasteiger partial charge on any atom is -0.356 e. The van der Waals surface area contributed by atoms with Crippen molar-refractivity contribution in [2.45, 2.75) is 39.0 Å². The molecule has 1 aliphatic rings. The zero-order valence-corrected chi connectivity index (χ0v) is 14.1. The van der Waals surface area contributed by atoms with Gasteiger partial charge in [-0.1, -0.05) is 19.9 Å². The first-order valence-corrected chi connectivity index (χ1v) is 8.22. The van der Waals surface area contributed by atoms with Crippen LogP contribution in [0.15, 0.2) is 29.2 Å². The first-order valence-electron chi connectivity index (χ1n) is 7.79. The van der Waals surface area contributed by atoms with E-state index in [2.05, 4.69) is 18.7 Å². The molecule has 0 N–H and O–H groups in total. The molecule has 1 saturated heterocycles. The van der Waals surface area contributed by atoms with Gasteiger partial charge in [-0.2, -0.15) is 0 Å². The highest BCUT2D eigenvalue weighted by Gasteiger charge is 2.26. The van der Waals surface area contributed by atoms with Gasteiger partial charge in [0.15, 0.2) is 0 Å². The fourth-order valence-corrected chi connectivity index (χ4v) is 3.12. The van der Waals surface area contributed by atoms with Crippen LogP contribution in [0.2, 0.25) is 0 Å². The van der Waals surface area contributed by atoms with Crippen LogP contribution in [0.3, 0.4) is 0 Å². The van der Waals surface area contributed by atoms with Crippen LogP contribution in [-0.4, -0.2) is 22.5 Å². The van der Waals surface area contributed by atoms with Crippen molar-refractivity contribution in [3.8, 4) is 0 Å². The van der Waals surface area contributed by atoms with Crippen molar-refractivity contribution in [3.63, 3.8) is 0 Å². The largest absolute Gasteiger partial charge is 0.356 e. The number of aromatic nitrogens is 2. The topological polar surface area (TPSA) is 37.6 Å². The van der Waals surface area contributed by atoms with Gasteiger partial charge < -0.3 is 4.90 Å². The summed E-state index contributed by atoms with van der Waals surface area (Å²) in [6.07, 6.45) is 3.97. The molecule has 118 valence electrons. The van der Waals surface area contributed by atoms with E-state index < -0.39 is 0 Å². The van der Waals surface area contributed by atoms with Crippen molar-refractivity contribution >= 4 is 23.1 Å². The predicted molar refractivity (Wildman–Crippen MR) is 91.0 cm³/mol. The summed E-state index contributed by atoms with van der Waals surface area (Å²) in [4.78, 5) is 19.3. The van der Waals surface area contributed by atoms with E-state index in [-0.39, 0.29) is 10.9 Å². The number of rotatable bonds is 2. The SMILES string of the molecule is CC(Cl)c1cccn2c(=O)cc(N3CCC(C)(C)CC3)nc12. The van der Waals surface area contributed by atoms with E-state index in [1.807, 2.05) is 19.1 Å². The third kappa shape index (κ3) is 2.84. The molecule has 0 radical (unpaired) electrons. The summed E-state index contributed by atoms with van der Waals surface area (Å²) in [5.74, 6) is 0.769. The van der Waals surface area contributed by atoms with Gasteiger partial charge in [-0.3, -0.25) is 9.20 Å². The smallest absolute Gasteiger partial charge is 0.259 e. The van der Waals surface area contributed by atoms with Crippen LogP contribution < -0.4 is 10.5 Å². The Morgan fingerprint density at radius 2 is 2.00 bits per heavy atom. The highest BCUT2D eigenvalue weighted by molar-refractivity contribution is 6.21. The molecule has 3 rings (SSSR count). The number of hydrogen-bond acceptors (Lipinski definition) is 3. The van der Waals surface area contributed by atoms with E-state index >= 15 is 0 Å². The number of nitrogens with zero attached hydrogens (tertiary/aromatic N) is 3. The Bertz CT molecular complexity index is 741. The molecule has 0 aromatic carbocycles. The fourth-order valence-electron chi connectivity index (χ4n) is 2.95.